The lowest BCUT2D eigenvalue weighted by Crippen LogP contribution is -2.45. The van der Waals surface area contributed by atoms with Gasteiger partial charge in [-0.1, -0.05) is 30.3 Å². The number of benzene rings is 2. The summed E-state index contributed by atoms with van der Waals surface area (Å²) in [5.74, 6) is -0.0673. The molecule has 23 heavy (non-hydrogen) atoms. The molecule has 0 aliphatic carbocycles. The summed E-state index contributed by atoms with van der Waals surface area (Å²) in [6.45, 7) is 4.09. The third kappa shape index (κ3) is 3.48. The highest BCUT2D eigenvalue weighted by Crippen LogP contribution is 2.23. The number of nitrogens with one attached hydrogen (secondary N) is 2. The highest BCUT2D eigenvalue weighted by Gasteiger charge is 2.23. The van der Waals surface area contributed by atoms with Gasteiger partial charge in [-0.3, -0.25) is 4.79 Å². The molecule has 118 valence electrons. The molecule has 0 bridgehead atoms. The average molecular weight is 371 g/mol. The molecule has 3 aromatic rings. The van der Waals surface area contributed by atoms with E-state index in [2.05, 4.69) is 38.4 Å². The van der Waals surface area contributed by atoms with Gasteiger partial charge in [0, 0.05) is 27.1 Å². The summed E-state index contributed by atoms with van der Waals surface area (Å²) in [6, 6.07) is 15.7. The van der Waals surface area contributed by atoms with Crippen LogP contribution >= 0.6 is 15.9 Å². The zero-order valence-electron chi connectivity index (χ0n) is 13.2. The van der Waals surface area contributed by atoms with Gasteiger partial charge in [0.05, 0.1) is 5.56 Å². The van der Waals surface area contributed by atoms with Crippen LogP contribution in [0.1, 0.15) is 29.8 Å². The summed E-state index contributed by atoms with van der Waals surface area (Å²) in [4.78, 5) is 15.8. The molecule has 0 fully saturated rings. The molecule has 0 radical (unpaired) electrons. The molecule has 1 amide bonds. The SMILES string of the molecule is CC(C)(Cc1c[nH]c2ccccc12)NC(=O)c1ccccc1Br. The lowest BCUT2D eigenvalue weighted by Gasteiger charge is -2.26. The third-order valence-electron chi connectivity index (χ3n) is 3.88. The van der Waals surface area contributed by atoms with Crippen LogP contribution in [0.25, 0.3) is 10.9 Å². The van der Waals surface area contributed by atoms with E-state index in [1.54, 1.807) is 0 Å². The maximum absolute atomic E-state index is 12.5. The normalized spacial score (nSPS) is 11.6. The van der Waals surface area contributed by atoms with E-state index in [1.165, 1.54) is 10.9 Å². The minimum Gasteiger partial charge on any atom is -0.361 e. The summed E-state index contributed by atoms with van der Waals surface area (Å²) in [7, 11) is 0. The number of aromatic amines is 1. The van der Waals surface area contributed by atoms with Gasteiger partial charge < -0.3 is 10.3 Å². The van der Waals surface area contributed by atoms with Crippen molar-refractivity contribution in [1.82, 2.24) is 10.3 Å². The predicted octanol–water partition coefficient (Wildman–Crippen LogP) is 4.68. The number of amides is 1. The van der Waals surface area contributed by atoms with Crippen LogP contribution in [-0.4, -0.2) is 16.4 Å². The number of carbonyl (C=O) groups excluding carboxylic acids is 1. The molecule has 0 unspecified atom stereocenters. The minimum atomic E-state index is -0.350. The van der Waals surface area contributed by atoms with Gasteiger partial charge in [-0.2, -0.15) is 0 Å². The lowest BCUT2D eigenvalue weighted by molar-refractivity contribution is 0.0912. The van der Waals surface area contributed by atoms with E-state index < -0.39 is 0 Å². The molecule has 1 aromatic heterocycles. The third-order valence-corrected chi connectivity index (χ3v) is 4.57. The molecule has 0 spiro atoms. The van der Waals surface area contributed by atoms with Crippen LogP contribution < -0.4 is 5.32 Å². The lowest BCUT2D eigenvalue weighted by atomic mass is 9.94. The van der Waals surface area contributed by atoms with Crippen molar-refractivity contribution in [3.8, 4) is 0 Å². The number of aromatic nitrogens is 1. The highest BCUT2D eigenvalue weighted by molar-refractivity contribution is 9.10. The van der Waals surface area contributed by atoms with Gasteiger partial charge in [-0.25, -0.2) is 0 Å². The first kappa shape index (κ1) is 15.8. The molecule has 0 saturated carbocycles. The van der Waals surface area contributed by atoms with Gasteiger partial charge in [0.25, 0.3) is 5.91 Å². The Hall–Kier alpha value is -2.07. The molecule has 2 N–H and O–H groups in total. The Labute approximate surface area is 144 Å². The summed E-state index contributed by atoms with van der Waals surface area (Å²) >= 11 is 3.43. The van der Waals surface area contributed by atoms with E-state index in [9.17, 15) is 4.79 Å². The van der Waals surface area contributed by atoms with Crippen LogP contribution in [0.15, 0.2) is 59.2 Å². The van der Waals surface area contributed by atoms with E-state index in [1.807, 2.05) is 56.4 Å². The Morgan fingerprint density at radius 3 is 2.61 bits per heavy atom. The molecule has 3 rings (SSSR count). The van der Waals surface area contributed by atoms with Crippen molar-refractivity contribution in [1.29, 1.82) is 0 Å². The number of para-hydroxylation sites is 1. The van der Waals surface area contributed by atoms with Gasteiger partial charge in [-0.15, -0.1) is 0 Å². The molecule has 0 aliphatic heterocycles. The van der Waals surface area contributed by atoms with Gasteiger partial charge in [0.15, 0.2) is 0 Å². The number of H-pyrrole nitrogens is 1. The Balaban J connectivity index is 1.79. The van der Waals surface area contributed by atoms with Gasteiger partial charge in [0.2, 0.25) is 0 Å². The van der Waals surface area contributed by atoms with E-state index in [0.29, 0.717) is 5.56 Å². The number of hydrogen-bond acceptors (Lipinski definition) is 1. The van der Waals surface area contributed by atoms with Crippen LogP contribution in [0.2, 0.25) is 0 Å². The van der Waals surface area contributed by atoms with Crippen LogP contribution in [0.3, 0.4) is 0 Å². The van der Waals surface area contributed by atoms with Crippen molar-refractivity contribution < 1.29 is 4.79 Å². The van der Waals surface area contributed by atoms with Crippen LogP contribution in [0, 0.1) is 0 Å². The van der Waals surface area contributed by atoms with Crippen molar-refractivity contribution in [3.63, 3.8) is 0 Å². The zero-order valence-corrected chi connectivity index (χ0v) is 14.8. The molecular weight excluding hydrogens is 352 g/mol. The number of halogens is 1. The summed E-state index contributed by atoms with van der Waals surface area (Å²) in [5.41, 5.74) is 2.63. The molecule has 0 aliphatic rings. The van der Waals surface area contributed by atoms with E-state index in [0.717, 1.165) is 16.4 Å². The van der Waals surface area contributed by atoms with Crippen LogP contribution in [0.5, 0.6) is 0 Å². The first-order chi connectivity index (χ1) is 11.0. The average Bonchev–Trinajstić information content (AvgIpc) is 2.90. The molecule has 0 saturated heterocycles. The first-order valence-electron chi connectivity index (χ1n) is 7.58. The van der Waals surface area contributed by atoms with Crippen LogP contribution in [0.4, 0.5) is 0 Å². The summed E-state index contributed by atoms with van der Waals surface area (Å²) in [5, 5.41) is 4.34. The molecule has 2 aromatic carbocycles. The Kier molecular flexibility index (Phi) is 4.26. The maximum Gasteiger partial charge on any atom is 0.252 e. The Morgan fingerprint density at radius 2 is 1.83 bits per heavy atom. The Bertz CT molecular complexity index is 851. The smallest absolute Gasteiger partial charge is 0.252 e. The summed E-state index contributed by atoms with van der Waals surface area (Å²) in [6.07, 6.45) is 2.78. The molecule has 1 heterocycles. The first-order valence-corrected chi connectivity index (χ1v) is 8.38. The second-order valence-corrected chi connectivity index (χ2v) is 7.21. The molecule has 3 nitrogen and oxygen atoms in total. The standard InChI is InChI=1S/C19H19BrN2O/c1-19(2,22-18(23)15-8-3-5-9-16(15)20)11-13-12-21-17-10-6-4-7-14(13)17/h3-10,12,21H,11H2,1-2H3,(H,22,23). The van der Waals surface area contributed by atoms with Crippen molar-refractivity contribution in [3.05, 3.63) is 70.3 Å². The minimum absolute atomic E-state index is 0.0673. The largest absolute Gasteiger partial charge is 0.361 e. The van der Waals surface area contributed by atoms with Gasteiger partial charge in [-0.05, 0) is 60.0 Å². The number of rotatable bonds is 4. The van der Waals surface area contributed by atoms with Crippen molar-refractivity contribution >= 4 is 32.7 Å². The predicted molar refractivity (Wildman–Crippen MR) is 97.7 cm³/mol. The topological polar surface area (TPSA) is 44.9 Å². The van der Waals surface area contributed by atoms with E-state index in [4.69, 9.17) is 0 Å². The second kappa shape index (κ2) is 6.20. The fourth-order valence-electron chi connectivity index (χ4n) is 2.82. The fraction of sp³-hybridized carbons (Fsp3) is 0.211. The quantitative estimate of drug-likeness (QED) is 0.687. The zero-order chi connectivity index (χ0) is 16.4. The molecular formula is C19H19BrN2O. The Morgan fingerprint density at radius 1 is 1.13 bits per heavy atom. The van der Waals surface area contributed by atoms with Crippen molar-refractivity contribution in [2.24, 2.45) is 0 Å². The second-order valence-electron chi connectivity index (χ2n) is 6.35. The van der Waals surface area contributed by atoms with Gasteiger partial charge >= 0.3 is 0 Å². The monoisotopic (exact) mass is 370 g/mol. The number of fused-ring (bicyclic) bond motifs is 1. The summed E-state index contributed by atoms with van der Waals surface area (Å²) < 4.78 is 0.806. The highest BCUT2D eigenvalue weighted by atomic mass is 79.9. The van der Waals surface area contributed by atoms with Crippen LogP contribution in [-0.2, 0) is 6.42 Å². The number of carbonyl (C=O) groups is 1. The molecule has 0 atom stereocenters. The molecule has 4 heteroatoms. The maximum atomic E-state index is 12.5. The van der Waals surface area contributed by atoms with E-state index in [-0.39, 0.29) is 11.4 Å². The number of hydrogen-bond donors (Lipinski definition) is 2. The van der Waals surface area contributed by atoms with Crippen molar-refractivity contribution in [2.45, 2.75) is 25.8 Å². The fourth-order valence-corrected chi connectivity index (χ4v) is 3.28. The van der Waals surface area contributed by atoms with Gasteiger partial charge in [0.1, 0.15) is 0 Å². The van der Waals surface area contributed by atoms with Crippen molar-refractivity contribution in [2.75, 3.05) is 0 Å². The van der Waals surface area contributed by atoms with E-state index >= 15 is 0 Å².